The van der Waals surface area contributed by atoms with Gasteiger partial charge in [-0.15, -0.1) is 0 Å². The number of carbonyl (C=O) groups is 2. The molecule has 0 aromatic heterocycles. The first-order valence-corrected chi connectivity index (χ1v) is 6.43. The molecule has 1 rings (SSSR count). The van der Waals surface area contributed by atoms with Crippen molar-refractivity contribution < 1.29 is 22.8 Å². The van der Waals surface area contributed by atoms with Crippen molar-refractivity contribution in [2.75, 3.05) is 5.32 Å². The zero-order valence-electron chi connectivity index (χ0n) is 11.3. The molecule has 0 saturated carbocycles. The summed E-state index contributed by atoms with van der Waals surface area (Å²) in [5, 5.41) is 4.65. The maximum atomic E-state index is 12.6. The van der Waals surface area contributed by atoms with Crippen LogP contribution in [-0.2, 0) is 15.8 Å². The van der Waals surface area contributed by atoms with Crippen LogP contribution in [0.5, 0.6) is 0 Å². The van der Waals surface area contributed by atoms with Crippen LogP contribution in [0.3, 0.4) is 0 Å². The highest BCUT2D eigenvalue weighted by Gasteiger charge is 2.31. The van der Waals surface area contributed by atoms with Gasteiger partial charge in [0.25, 0.3) is 0 Å². The van der Waals surface area contributed by atoms with Gasteiger partial charge in [-0.2, -0.15) is 13.2 Å². The number of alkyl halides is 3. The van der Waals surface area contributed by atoms with Crippen LogP contribution in [-0.4, -0.2) is 17.9 Å². The molecule has 21 heavy (non-hydrogen) atoms. The van der Waals surface area contributed by atoms with E-state index < -0.39 is 30.0 Å². The lowest BCUT2D eigenvalue weighted by molar-refractivity contribution is -0.137. The Bertz CT molecular complexity index is 545. The average molecular weight is 323 g/mol. The highest BCUT2D eigenvalue weighted by Crippen LogP contribution is 2.33. The molecule has 0 bridgehead atoms. The molecule has 0 radical (unpaired) electrons. The van der Waals surface area contributed by atoms with Gasteiger partial charge in [0.15, 0.2) is 0 Å². The molecule has 0 atom stereocenters. The standard InChI is InChI=1S/C13H14ClF3N2O2/c1-7(2)18-11(20)6-12(21)19-10-5-8(13(15,16)17)3-4-9(10)14/h3-5,7H,6H2,1-2H3,(H,18,20)(H,19,21). The lowest BCUT2D eigenvalue weighted by atomic mass is 10.2. The van der Waals surface area contributed by atoms with Gasteiger partial charge in [0.05, 0.1) is 16.3 Å². The lowest BCUT2D eigenvalue weighted by Crippen LogP contribution is -2.33. The van der Waals surface area contributed by atoms with Crippen LogP contribution in [0.15, 0.2) is 18.2 Å². The van der Waals surface area contributed by atoms with Gasteiger partial charge in [0, 0.05) is 6.04 Å². The highest BCUT2D eigenvalue weighted by molar-refractivity contribution is 6.33. The average Bonchev–Trinajstić information content (AvgIpc) is 2.28. The molecule has 8 heteroatoms. The summed E-state index contributed by atoms with van der Waals surface area (Å²) in [7, 11) is 0. The van der Waals surface area contributed by atoms with E-state index in [0.717, 1.165) is 18.2 Å². The Hall–Kier alpha value is -1.76. The molecule has 0 aliphatic heterocycles. The molecule has 1 aromatic carbocycles. The molecule has 2 amide bonds. The van der Waals surface area contributed by atoms with Crippen LogP contribution in [0.4, 0.5) is 18.9 Å². The van der Waals surface area contributed by atoms with Gasteiger partial charge in [-0.25, -0.2) is 0 Å². The van der Waals surface area contributed by atoms with E-state index >= 15 is 0 Å². The van der Waals surface area contributed by atoms with E-state index in [1.165, 1.54) is 0 Å². The van der Waals surface area contributed by atoms with Crippen LogP contribution >= 0.6 is 11.6 Å². The molecule has 0 fully saturated rings. The summed E-state index contributed by atoms with van der Waals surface area (Å²) in [6, 6.07) is 2.43. The van der Waals surface area contributed by atoms with Crippen molar-refractivity contribution in [2.24, 2.45) is 0 Å². The first-order chi connectivity index (χ1) is 9.59. The van der Waals surface area contributed by atoms with Gasteiger partial charge in [-0.1, -0.05) is 11.6 Å². The Morgan fingerprint density at radius 1 is 1.24 bits per heavy atom. The van der Waals surface area contributed by atoms with Crippen molar-refractivity contribution in [3.05, 3.63) is 28.8 Å². The Balaban J connectivity index is 2.78. The van der Waals surface area contributed by atoms with E-state index in [1.807, 2.05) is 0 Å². The topological polar surface area (TPSA) is 58.2 Å². The van der Waals surface area contributed by atoms with E-state index in [-0.39, 0.29) is 16.8 Å². The maximum Gasteiger partial charge on any atom is 0.416 e. The smallest absolute Gasteiger partial charge is 0.353 e. The fourth-order valence-electron chi connectivity index (χ4n) is 1.51. The summed E-state index contributed by atoms with van der Waals surface area (Å²) in [6.45, 7) is 3.44. The van der Waals surface area contributed by atoms with Gasteiger partial charge in [-0.3, -0.25) is 9.59 Å². The van der Waals surface area contributed by atoms with E-state index in [0.29, 0.717) is 0 Å². The summed E-state index contributed by atoms with van der Waals surface area (Å²) in [6.07, 6.45) is -5.04. The Labute approximate surface area is 124 Å². The normalized spacial score (nSPS) is 11.4. The quantitative estimate of drug-likeness (QED) is 0.836. The fourth-order valence-corrected chi connectivity index (χ4v) is 1.68. The van der Waals surface area contributed by atoms with E-state index in [2.05, 4.69) is 10.6 Å². The SMILES string of the molecule is CC(C)NC(=O)CC(=O)Nc1cc(C(F)(F)F)ccc1Cl. The van der Waals surface area contributed by atoms with E-state index in [9.17, 15) is 22.8 Å². The molecule has 0 heterocycles. The summed E-state index contributed by atoms with van der Waals surface area (Å²) in [5.74, 6) is -1.26. The largest absolute Gasteiger partial charge is 0.416 e. The lowest BCUT2D eigenvalue weighted by Gasteiger charge is -2.12. The van der Waals surface area contributed by atoms with Crippen LogP contribution in [0.25, 0.3) is 0 Å². The molecular weight excluding hydrogens is 309 g/mol. The van der Waals surface area contributed by atoms with E-state index in [4.69, 9.17) is 11.6 Å². The minimum Gasteiger partial charge on any atom is -0.353 e. The number of rotatable bonds is 4. The van der Waals surface area contributed by atoms with Crippen molar-refractivity contribution in [3.63, 3.8) is 0 Å². The molecule has 0 unspecified atom stereocenters. The van der Waals surface area contributed by atoms with Gasteiger partial charge < -0.3 is 10.6 Å². The van der Waals surface area contributed by atoms with Gasteiger partial charge >= 0.3 is 6.18 Å². The third-order valence-corrected chi connectivity index (χ3v) is 2.67. The number of hydrogen-bond acceptors (Lipinski definition) is 2. The van der Waals surface area contributed by atoms with Gasteiger partial charge in [-0.05, 0) is 32.0 Å². The Kier molecular flexibility index (Phi) is 5.60. The molecule has 2 N–H and O–H groups in total. The molecular formula is C13H14ClF3N2O2. The number of carbonyl (C=O) groups excluding carboxylic acids is 2. The second-order valence-corrected chi connectivity index (χ2v) is 5.05. The second kappa shape index (κ2) is 6.80. The monoisotopic (exact) mass is 322 g/mol. The molecule has 0 saturated heterocycles. The first-order valence-electron chi connectivity index (χ1n) is 6.05. The minimum absolute atomic E-state index is 0.0411. The summed E-state index contributed by atoms with van der Waals surface area (Å²) < 4.78 is 37.7. The molecule has 116 valence electrons. The number of amides is 2. The zero-order valence-corrected chi connectivity index (χ0v) is 12.1. The molecule has 0 spiro atoms. The number of halogens is 4. The van der Waals surface area contributed by atoms with Crippen molar-refractivity contribution in [2.45, 2.75) is 32.5 Å². The third kappa shape index (κ3) is 5.63. The summed E-state index contributed by atoms with van der Waals surface area (Å²) in [5.41, 5.74) is -1.12. The Morgan fingerprint density at radius 2 is 1.86 bits per heavy atom. The number of nitrogens with one attached hydrogen (secondary N) is 2. The molecule has 0 aliphatic carbocycles. The van der Waals surface area contributed by atoms with Gasteiger partial charge in [0.1, 0.15) is 6.42 Å². The summed E-state index contributed by atoms with van der Waals surface area (Å²) in [4.78, 5) is 23.0. The van der Waals surface area contributed by atoms with Crippen molar-refractivity contribution in [1.29, 1.82) is 0 Å². The summed E-state index contributed by atoms with van der Waals surface area (Å²) >= 11 is 5.73. The zero-order chi connectivity index (χ0) is 16.2. The Morgan fingerprint density at radius 3 is 2.38 bits per heavy atom. The van der Waals surface area contributed by atoms with Crippen molar-refractivity contribution in [3.8, 4) is 0 Å². The fraction of sp³-hybridized carbons (Fsp3) is 0.385. The second-order valence-electron chi connectivity index (χ2n) is 4.64. The first kappa shape index (κ1) is 17.3. The van der Waals surface area contributed by atoms with Crippen molar-refractivity contribution in [1.82, 2.24) is 5.32 Å². The maximum absolute atomic E-state index is 12.6. The third-order valence-electron chi connectivity index (χ3n) is 2.34. The van der Waals surface area contributed by atoms with E-state index in [1.54, 1.807) is 13.8 Å². The molecule has 4 nitrogen and oxygen atoms in total. The van der Waals surface area contributed by atoms with Crippen LogP contribution in [0, 0.1) is 0 Å². The predicted molar refractivity (Wildman–Crippen MR) is 73.0 cm³/mol. The number of anilines is 1. The molecule has 0 aliphatic rings. The molecule has 1 aromatic rings. The number of benzene rings is 1. The predicted octanol–water partition coefficient (Wildman–Crippen LogP) is 3.21. The van der Waals surface area contributed by atoms with Gasteiger partial charge in [0.2, 0.25) is 11.8 Å². The van der Waals surface area contributed by atoms with Crippen LogP contribution in [0.1, 0.15) is 25.8 Å². The highest BCUT2D eigenvalue weighted by atomic mass is 35.5. The minimum atomic E-state index is -4.54. The van der Waals surface area contributed by atoms with Crippen LogP contribution < -0.4 is 10.6 Å². The van der Waals surface area contributed by atoms with Crippen molar-refractivity contribution >= 4 is 29.1 Å². The van der Waals surface area contributed by atoms with Crippen LogP contribution in [0.2, 0.25) is 5.02 Å². The number of hydrogen-bond donors (Lipinski definition) is 2.